The highest BCUT2D eigenvalue weighted by Crippen LogP contribution is 2.22. The van der Waals surface area contributed by atoms with Gasteiger partial charge in [0.05, 0.1) is 30.1 Å². The van der Waals surface area contributed by atoms with Crippen LogP contribution in [0.4, 0.5) is 4.39 Å². The Bertz CT molecular complexity index is 973. The maximum Gasteiger partial charge on any atom is 0.310 e. The maximum absolute atomic E-state index is 13.6. The third kappa shape index (κ3) is 4.75. The second kappa shape index (κ2) is 9.19. The van der Waals surface area contributed by atoms with Gasteiger partial charge in [0.1, 0.15) is 5.82 Å². The van der Waals surface area contributed by atoms with E-state index >= 15 is 0 Å². The summed E-state index contributed by atoms with van der Waals surface area (Å²) in [6, 6.07) is 5.73. The summed E-state index contributed by atoms with van der Waals surface area (Å²) in [6.07, 6.45) is 1.41. The largest absolute Gasteiger partial charge is 0.466 e. The van der Waals surface area contributed by atoms with Crippen LogP contribution >= 0.6 is 0 Å². The lowest BCUT2D eigenvalue weighted by molar-refractivity contribution is -0.151. The number of halogens is 1. The number of carbonyl (C=O) groups is 3. The molecule has 0 spiro atoms. The van der Waals surface area contributed by atoms with Crippen LogP contribution < -0.4 is 0 Å². The minimum atomic E-state index is -0.427. The number of aryl methyl sites for hydroxylation is 1. The van der Waals surface area contributed by atoms with Gasteiger partial charge in [-0.3, -0.25) is 19.4 Å². The standard InChI is InChI=1S/C22H26FN3O4/c1-4-30-22(29)15-6-5-9-26(12-15)20(27)13-25(3)21(28)18-10-14(2)24-19-11-16(23)7-8-17(18)19/h7-8,10-11,15H,4-6,9,12-13H2,1-3H3. The van der Waals surface area contributed by atoms with Gasteiger partial charge >= 0.3 is 5.97 Å². The number of ether oxygens (including phenoxy) is 1. The highest BCUT2D eigenvalue weighted by Gasteiger charge is 2.30. The Hall–Kier alpha value is -3.03. The molecule has 8 heteroatoms. The van der Waals surface area contributed by atoms with Crippen molar-refractivity contribution in [3.63, 3.8) is 0 Å². The van der Waals surface area contributed by atoms with Crippen molar-refractivity contribution >= 4 is 28.7 Å². The van der Waals surface area contributed by atoms with Crippen LogP contribution in [-0.2, 0) is 14.3 Å². The zero-order valence-corrected chi connectivity index (χ0v) is 17.5. The van der Waals surface area contributed by atoms with Crippen molar-refractivity contribution in [3.8, 4) is 0 Å². The predicted octanol–water partition coefficient (Wildman–Crippen LogP) is 2.56. The molecule has 1 aliphatic heterocycles. The number of pyridine rings is 1. The average molecular weight is 415 g/mol. The minimum Gasteiger partial charge on any atom is -0.466 e. The van der Waals surface area contributed by atoms with E-state index in [0.29, 0.717) is 54.7 Å². The molecule has 0 bridgehead atoms. The lowest BCUT2D eigenvalue weighted by atomic mass is 9.98. The second-order valence-electron chi connectivity index (χ2n) is 7.56. The Labute approximate surface area is 174 Å². The summed E-state index contributed by atoms with van der Waals surface area (Å²) in [5, 5.41) is 0.534. The summed E-state index contributed by atoms with van der Waals surface area (Å²) in [5.41, 5.74) is 1.35. The summed E-state index contributed by atoms with van der Waals surface area (Å²) < 4.78 is 18.6. The maximum atomic E-state index is 13.6. The number of likely N-dealkylation sites (tertiary alicyclic amines) is 1. The van der Waals surface area contributed by atoms with Gasteiger partial charge in [0, 0.05) is 37.3 Å². The number of piperidine rings is 1. The first-order chi connectivity index (χ1) is 14.3. The Morgan fingerprint density at radius 3 is 2.80 bits per heavy atom. The van der Waals surface area contributed by atoms with Gasteiger partial charge in [-0.15, -0.1) is 0 Å². The first-order valence-corrected chi connectivity index (χ1v) is 10.1. The SMILES string of the molecule is CCOC(=O)C1CCCN(C(=O)CN(C)C(=O)c2cc(C)nc3cc(F)ccc23)C1. The molecule has 2 aromatic rings. The van der Waals surface area contributed by atoms with Crippen LogP contribution in [0.5, 0.6) is 0 Å². The molecule has 0 aliphatic carbocycles. The number of esters is 1. The molecule has 30 heavy (non-hydrogen) atoms. The molecule has 2 amide bonds. The fraction of sp³-hybridized carbons (Fsp3) is 0.455. The van der Waals surface area contributed by atoms with Crippen LogP contribution in [0.1, 0.15) is 35.8 Å². The van der Waals surface area contributed by atoms with Crippen LogP contribution in [0.3, 0.4) is 0 Å². The van der Waals surface area contributed by atoms with Crippen molar-refractivity contribution in [3.05, 3.63) is 41.3 Å². The highest BCUT2D eigenvalue weighted by atomic mass is 19.1. The van der Waals surface area contributed by atoms with Crippen LogP contribution in [0.25, 0.3) is 10.9 Å². The van der Waals surface area contributed by atoms with Crippen LogP contribution in [0.2, 0.25) is 0 Å². The van der Waals surface area contributed by atoms with Gasteiger partial charge in [-0.2, -0.15) is 0 Å². The van der Waals surface area contributed by atoms with Gasteiger partial charge in [0.15, 0.2) is 0 Å². The number of hydrogen-bond donors (Lipinski definition) is 0. The summed E-state index contributed by atoms with van der Waals surface area (Å²) in [5.74, 6) is -1.61. The van der Waals surface area contributed by atoms with Crippen molar-refractivity contribution in [2.24, 2.45) is 5.92 Å². The van der Waals surface area contributed by atoms with E-state index in [9.17, 15) is 18.8 Å². The van der Waals surface area contributed by atoms with Crippen molar-refractivity contribution in [1.82, 2.24) is 14.8 Å². The fourth-order valence-corrected chi connectivity index (χ4v) is 3.75. The quantitative estimate of drug-likeness (QED) is 0.702. The van der Waals surface area contributed by atoms with E-state index in [2.05, 4.69) is 4.98 Å². The van der Waals surface area contributed by atoms with E-state index in [1.807, 2.05) is 0 Å². The van der Waals surface area contributed by atoms with Crippen LogP contribution in [0, 0.1) is 18.7 Å². The number of amides is 2. The number of likely N-dealkylation sites (N-methyl/N-ethyl adjacent to an activating group) is 1. The Balaban J connectivity index is 1.72. The Morgan fingerprint density at radius 1 is 1.30 bits per heavy atom. The Kier molecular flexibility index (Phi) is 6.64. The van der Waals surface area contributed by atoms with Crippen LogP contribution in [-0.4, -0.2) is 65.9 Å². The van der Waals surface area contributed by atoms with E-state index in [-0.39, 0.29) is 30.2 Å². The molecule has 0 N–H and O–H groups in total. The number of carbonyl (C=O) groups excluding carboxylic acids is 3. The normalized spacial score (nSPS) is 16.4. The van der Waals surface area contributed by atoms with Gasteiger partial charge in [0.25, 0.3) is 5.91 Å². The zero-order valence-electron chi connectivity index (χ0n) is 17.5. The third-order valence-electron chi connectivity index (χ3n) is 5.24. The molecule has 2 heterocycles. The molecule has 1 atom stereocenters. The van der Waals surface area contributed by atoms with E-state index in [0.717, 1.165) is 0 Å². The molecule has 1 aromatic heterocycles. The molecule has 1 saturated heterocycles. The number of fused-ring (bicyclic) bond motifs is 1. The topological polar surface area (TPSA) is 79.8 Å². The van der Waals surface area contributed by atoms with Gasteiger partial charge in [0.2, 0.25) is 5.91 Å². The molecule has 3 rings (SSSR count). The molecular weight excluding hydrogens is 389 g/mol. The predicted molar refractivity (Wildman–Crippen MR) is 109 cm³/mol. The number of nitrogens with zero attached hydrogens (tertiary/aromatic N) is 3. The van der Waals surface area contributed by atoms with Crippen LogP contribution in [0.15, 0.2) is 24.3 Å². The van der Waals surface area contributed by atoms with Gasteiger partial charge < -0.3 is 14.5 Å². The summed E-state index contributed by atoms with van der Waals surface area (Å²) in [7, 11) is 1.55. The average Bonchev–Trinajstić information content (AvgIpc) is 2.72. The van der Waals surface area contributed by atoms with Gasteiger partial charge in [-0.1, -0.05) is 0 Å². The molecule has 1 aliphatic rings. The lowest BCUT2D eigenvalue weighted by Gasteiger charge is -2.32. The highest BCUT2D eigenvalue weighted by molar-refractivity contribution is 6.07. The molecule has 7 nitrogen and oxygen atoms in total. The van der Waals surface area contributed by atoms with Gasteiger partial charge in [-0.05, 0) is 44.9 Å². The molecule has 0 radical (unpaired) electrons. The van der Waals surface area contributed by atoms with E-state index in [1.54, 1.807) is 31.9 Å². The number of rotatable bonds is 5. The molecule has 0 saturated carbocycles. The smallest absolute Gasteiger partial charge is 0.310 e. The minimum absolute atomic E-state index is 0.113. The zero-order chi connectivity index (χ0) is 21.8. The summed E-state index contributed by atoms with van der Waals surface area (Å²) >= 11 is 0. The van der Waals surface area contributed by atoms with E-state index in [4.69, 9.17) is 4.74 Å². The van der Waals surface area contributed by atoms with Crippen molar-refractivity contribution in [2.45, 2.75) is 26.7 Å². The summed E-state index contributed by atoms with van der Waals surface area (Å²) in [4.78, 5) is 45.0. The number of benzene rings is 1. The fourth-order valence-electron chi connectivity index (χ4n) is 3.75. The molecule has 160 valence electrons. The van der Waals surface area contributed by atoms with E-state index in [1.165, 1.54) is 23.1 Å². The number of aromatic nitrogens is 1. The van der Waals surface area contributed by atoms with Crippen molar-refractivity contribution < 1.29 is 23.5 Å². The van der Waals surface area contributed by atoms with Gasteiger partial charge in [-0.25, -0.2) is 4.39 Å². The van der Waals surface area contributed by atoms with E-state index < -0.39 is 5.82 Å². The lowest BCUT2D eigenvalue weighted by Crippen LogP contribution is -2.47. The monoisotopic (exact) mass is 415 g/mol. The second-order valence-corrected chi connectivity index (χ2v) is 7.56. The van der Waals surface area contributed by atoms with Crippen molar-refractivity contribution in [2.75, 3.05) is 33.3 Å². The molecular formula is C22H26FN3O4. The number of hydrogen-bond acceptors (Lipinski definition) is 5. The third-order valence-corrected chi connectivity index (χ3v) is 5.24. The first-order valence-electron chi connectivity index (χ1n) is 10.1. The molecule has 1 aromatic carbocycles. The molecule has 1 fully saturated rings. The summed E-state index contributed by atoms with van der Waals surface area (Å²) in [6.45, 7) is 4.53. The van der Waals surface area contributed by atoms with Crippen molar-refractivity contribution in [1.29, 1.82) is 0 Å². The Morgan fingerprint density at radius 2 is 2.07 bits per heavy atom. The molecule has 1 unspecified atom stereocenters. The first kappa shape index (κ1) is 21.7.